The Hall–Kier alpha value is -0.610. The first-order valence-corrected chi connectivity index (χ1v) is 7.38. The van der Waals surface area contributed by atoms with Crippen molar-refractivity contribution >= 4 is 5.91 Å². The molecule has 0 aromatic heterocycles. The van der Waals surface area contributed by atoms with Crippen LogP contribution in [0, 0.1) is 5.92 Å². The Bertz CT molecular complexity index is 216. The fraction of sp³-hybridized carbons (Fsp3) is 0.929. The first-order chi connectivity index (χ1) is 8.83. The zero-order valence-corrected chi connectivity index (χ0v) is 11.7. The van der Waals surface area contributed by atoms with Crippen LogP contribution in [-0.2, 0) is 9.53 Å². The van der Waals surface area contributed by atoms with E-state index < -0.39 is 0 Å². The third-order valence-electron chi connectivity index (χ3n) is 3.37. The number of carbonyl (C=O) groups excluding carboxylic acids is 1. The van der Waals surface area contributed by atoms with E-state index in [-0.39, 0.29) is 5.91 Å². The molecule has 4 nitrogen and oxygen atoms in total. The van der Waals surface area contributed by atoms with Crippen molar-refractivity contribution in [3.8, 4) is 0 Å². The van der Waals surface area contributed by atoms with Crippen LogP contribution in [0.5, 0.6) is 0 Å². The van der Waals surface area contributed by atoms with Crippen LogP contribution in [0.3, 0.4) is 0 Å². The van der Waals surface area contributed by atoms with Crippen LogP contribution in [-0.4, -0.2) is 38.8 Å². The molecule has 1 aliphatic rings. The van der Waals surface area contributed by atoms with E-state index in [1.54, 1.807) is 0 Å². The van der Waals surface area contributed by atoms with Crippen LogP contribution < -0.4 is 10.6 Å². The normalized spacial score (nSPS) is 19.1. The molecule has 0 radical (unpaired) electrons. The summed E-state index contributed by atoms with van der Waals surface area (Å²) < 4.78 is 5.44. The topological polar surface area (TPSA) is 50.4 Å². The van der Waals surface area contributed by atoms with Gasteiger partial charge in [-0.05, 0) is 44.7 Å². The number of rotatable bonds is 10. The largest absolute Gasteiger partial charge is 0.381 e. The molecule has 1 rings (SSSR count). The second-order valence-electron chi connectivity index (χ2n) is 5.07. The Morgan fingerprint density at radius 2 is 2.22 bits per heavy atom. The molecule has 0 aromatic carbocycles. The van der Waals surface area contributed by atoms with E-state index in [0.29, 0.717) is 12.3 Å². The number of amides is 1. The third kappa shape index (κ3) is 7.67. The molecular weight excluding hydrogens is 228 g/mol. The van der Waals surface area contributed by atoms with Crippen LogP contribution in [0.25, 0.3) is 0 Å². The van der Waals surface area contributed by atoms with Gasteiger partial charge in [0.1, 0.15) is 0 Å². The van der Waals surface area contributed by atoms with E-state index in [9.17, 15) is 4.79 Å². The molecule has 1 heterocycles. The van der Waals surface area contributed by atoms with Crippen molar-refractivity contribution in [2.75, 3.05) is 32.8 Å². The predicted molar refractivity (Wildman–Crippen MR) is 73.6 cm³/mol. The van der Waals surface area contributed by atoms with Gasteiger partial charge in [0.25, 0.3) is 0 Å². The zero-order valence-electron chi connectivity index (χ0n) is 11.7. The second kappa shape index (κ2) is 10.3. The van der Waals surface area contributed by atoms with E-state index in [2.05, 4.69) is 17.6 Å². The predicted octanol–water partition coefficient (Wildman–Crippen LogP) is 1.70. The summed E-state index contributed by atoms with van der Waals surface area (Å²) in [6.07, 6.45) is 6.13. The standard InChI is InChI=1S/C14H28N2O2/c1-2-3-10-18-11-4-8-16-14(17)6-5-13-7-9-15-12-13/h13,15H,2-12H2,1H3,(H,16,17). The Kier molecular flexibility index (Phi) is 8.86. The van der Waals surface area contributed by atoms with Gasteiger partial charge >= 0.3 is 0 Å². The monoisotopic (exact) mass is 256 g/mol. The van der Waals surface area contributed by atoms with E-state index >= 15 is 0 Å². The van der Waals surface area contributed by atoms with Gasteiger partial charge in [0.05, 0.1) is 0 Å². The van der Waals surface area contributed by atoms with Gasteiger partial charge in [0.2, 0.25) is 5.91 Å². The van der Waals surface area contributed by atoms with Gasteiger partial charge in [0.15, 0.2) is 0 Å². The molecule has 0 aliphatic carbocycles. The molecule has 0 spiro atoms. The van der Waals surface area contributed by atoms with Crippen LogP contribution in [0.4, 0.5) is 0 Å². The number of carbonyl (C=O) groups is 1. The first kappa shape index (κ1) is 15.4. The van der Waals surface area contributed by atoms with Crippen molar-refractivity contribution in [3.05, 3.63) is 0 Å². The van der Waals surface area contributed by atoms with Crippen molar-refractivity contribution in [1.82, 2.24) is 10.6 Å². The number of hydrogen-bond donors (Lipinski definition) is 2. The van der Waals surface area contributed by atoms with Gasteiger partial charge < -0.3 is 15.4 Å². The zero-order chi connectivity index (χ0) is 13.1. The van der Waals surface area contributed by atoms with Gasteiger partial charge in [-0.3, -0.25) is 4.79 Å². The molecule has 1 atom stereocenters. The quantitative estimate of drug-likeness (QED) is 0.585. The lowest BCUT2D eigenvalue weighted by molar-refractivity contribution is -0.121. The summed E-state index contributed by atoms with van der Waals surface area (Å²) in [6.45, 7) is 6.70. The molecule has 18 heavy (non-hydrogen) atoms. The van der Waals surface area contributed by atoms with Gasteiger partial charge in [-0.15, -0.1) is 0 Å². The minimum atomic E-state index is 0.190. The Balaban J connectivity index is 1.84. The van der Waals surface area contributed by atoms with Crippen molar-refractivity contribution < 1.29 is 9.53 Å². The van der Waals surface area contributed by atoms with Gasteiger partial charge in [0, 0.05) is 26.2 Å². The van der Waals surface area contributed by atoms with Crippen molar-refractivity contribution in [1.29, 1.82) is 0 Å². The van der Waals surface area contributed by atoms with Crippen LogP contribution in [0.2, 0.25) is 0 Å². The number of hydrogen-bond acceptors (Lipinski definition) is 3. The molecule has 2 N–H and O–H groups in total. The number of ether oxygens (including phenoxy) is 1. The summed E-state index contributed by atoms with van der Waals surface area (Å²) in [4.78, 5) is 11.6. The Labute approximate surface area is 111 Å². The van der Waals surface area contributed by atoms with E-state index in [1.165, 1.54) is 12.8 Å². The van der Waals surface area contributed by atoms with Crippen molar-refractivity contribution in [2.24, 2.45) is 5.92 Å². The molecule has 1 fully saturated rings. The molecule has 106 valence electrons. The summed E-state index contributed by atoms with van der Waals surface area (Å²) in [5.41, 5.74) is 0. The first-order valence-electron chi connectivity index (χ1n) is 7.38. The van der Waals surface area contributed by atoms with E-state index in [1.807, 2.05) is 0 Å². The maximum absolute atomic E-state index is 11.6. The highest BCUT2D eigenvalue weighted by Crippen LogP contribution is 2.13. The average molecular weight is 256 g/mol. The molecule has 1 unspecified atom stereocenters. The average Bonchev–Trinajstić information content (AvgIpc) is 2.88. The maximum atomic E-state index is 11.6. The molecule has 1 saturated heterocycles. The lowest BCUT2D eigenvalue weighted by Gasteiger charge is -2.08. The van der Waals surface area contributed by atoms with E-state index in [4.69, 9.17) is 4.74 Å². The molecule has 0 aromatic rings. The van der Waals surface area contributed by atoms with Crippen molar-refractivity contribution in [2.45, 2.75) is 45.4 Å². The van der Waals surface area contributed by atoms with Crippen LogP contribution in [0.15, 0.2) is 0 Å². The fourth-order valence-corrected chi connectivity index (χ4v) is 2.13. The number of nitrogens with one attached hydrogen (secondary N) is 2. The van der Waals surface area contributed by atoms with Crippen LogP contribution in [0.1, 0.15) is 45.4 Å². The molecule has 0 saturated carbocycles. The minimum Gasteiger partial charge on any atom is -0.381 e. The SMILES string of the molecule is CCCCOCCCNC(=O)CCC1CCNC1. The highest BCUT2D eigenvalue weighted by Gasteiger charge is 2.15. The Morgan fingerprint density at radius 3 is 2.94 bits per heavy atom. The Morgan fingerprint density at radius 1 is 1.39 bits per heavy atom. The summed E-state index contributed by atoms with van der Waals surface area (Å²) in [7, 11) is 0. The van der Waals surface area contributed by atoms with Gasteiger partial charge in [-0.2, -0.15) is 0 Å². The summed E-state index contributed by atoms with van der Waals surface area (Å²) in [6, 6.07) is 0. The molecule has 1 amide bonds. The lowest BCUT2D eigenvalue weighted by atomic mass is 10.0. The van der Waals surface area contributed by atoms with Crippen molar-refractivity contribution in [3.63, 3.8) is 0 Å². The highest BCUT2D eigenvalue weighted by atomic mass is 16.5. The van der Waals surface area contributed by atoms with E-state index in [0.717, 1.165) is 52.1 Å². The summed E-state index contributed by atoms with van der Waals surface area (Å²) in [5.74, 6) is 0.892. The fourth-order valence-electron chi connectivity index (χ4n) is 2.13. The maximum Gasteiger partial charge on any atom is 0.220 e. The van der Waals surface area contributed by atoms with Gasteiger partial charge in [-0.1, -0.05) is 13.3 Å². The lowest BCUT2D eigenvalue weighted by Crippen LogP contribution is -2.25. The minimum absolute atomic E-state index is 0.190. The molecule has 1 aliphatic heterocycles. The van der Waals surface area contributed by atoms with Gasteiger partial charge in [-0.25, -0.2) is 0 Å². The third-order valence-corrected chi connectivity index (χ3v) is 3.37. The molecule has 0 bridgehead atoms. The number of unbranched alkanes of at least 4 members (excludes halogenated alkanes) is 1. The summed E-state index contributed by atoms with van der Waals surface area (Å²) >= 11 is 0. The highest BCUT2D eigenvalue weighted by molar-refractivity contribution is 5.75. The summed E-state index contributed by atoms with van der Waals surface area (Å²) in [5, 5.41) is 6.28. The van der Waals surface area contributed by atoms with Crippen LogP contribution >= 0.6 is 0 Å². The smallest absolute Gasteiger partial charge is 0.220 e. The molecular formula is C14H28N2O2. The molecule has 4 heteroatoms. The second-order valence-corrected chi connectivity index (χ2v) is 5.07.